The minimum absolute atomic E-state index is 0.0753. The fourth-order valence-corrected chi connectivity index (χ4v) is 5.49. The van der Waals surface area contributed by atoms with Crippen LogP contribution < -0.4 is 15.4 Å². The fraction of sp³-hybridized carbons (Fsp3) is 0.677. The molecule has 5 rings (SSSR count). The van der Waals surface area contributed by atoms with E-state index in [0.717, 1.165) is 43.4 Å². The Labute approximate surface area is 254 Å². The van der Waals surface area contributed by atoms with Crippen LogP contribution in [0.1, 0.15) is 67.7 Å². The van der Waals surface area contributed by atoms with Crippen molar-refractivity contribution in [3.63, 3.8) is 0 Å². The molecular formula is C31H48N4O6S. The standard InChI is InChI=1S/C20H31N3O3S.C11H17NO3/c1-19(2,11-21-5)12-24-13-20(3,4)14-25-16-9-7-15(8-10-16)17-22-23-18(26-17)27-6;1-9(2,3)15-8(14)12-11-4-10(5-11,6-11)7-13/h7-10,21H,11-14H2,1-6H3;7H,4-6H2,1-3H3,(H,12,14). The summed E-state index contributed by atoms with van der Waals surface area (Å²) in [7, 11) is 1.96. The van der Waals surface area contributed by atoms with Gasteiger partial charge in [0.15, 0.2) is 0 Å². The van der Waals surface area contributed by atoms with Gasteiger partial charge in [-0.2, -0.15) is 0 Å². The molecule has 234 valence electrons. The second kappa shape index (κ2) is 13.3. The Morgan fingerprint density at radius 2 is 1.62 bits per heavy atom. The number of nitrogens with one attached hydrogen (secondary N) is 2. The van der Waals surface area contributed by atoms with Crippen LogP contribution in [-0.4, -0.2) is 73.4 Å². The van der Waals surface area contributed by atoms with Crippen LogP contribution in [0, 0.1) is 16.2 Å². The molecule has 0 radical (unpaired) electrons. The Morgan fingerprint density at radius 1 is 1.00 bits per heavy atom. The molecule has 1 amide bonds. The number of nitrogens with zero attached hydrogens (tertiary/aromatic N) is 2. The maximum Gasteiger partial charge on any atom is 0.408 e. The van der Waals surface area contributed by atoms with Crippen LogP contribution in [0.5, 0.6) is 5.75 Å². The zero-order chi connectivity index (χ0) is 31.2. The summed E-state index contributed by atoms with van der Waals surface area (Å²) in [5.74, 6) is 1.33. The molecule has 3 fully saturated rings. The maximum absolute atomic E-state index is 11.5. The van der Waals surface area contributed by atoms with E-state index < -0.39 is 5.60 Å². The molecular weight excluding hydrogens is 556 g/mol. The van der Waals surface area contributed by atoms with Gasteiger partial charge in [0.05, 0.1) is 19.8 Å². The molecule has 0 aliphatic heterocycles. The van der Waals surface area contributed by atoms with Gasteiger partial charge in [0, 0.05) is 33.9 Å². The molecule has 2 aromatic rings. The van der Waals surface area contributed by atoms with Gasteiger partial charge in [-0.25, -0.2) is 4.79 Å². The summed E-state index contributed by atoms with van der Waals surface area (Å²) in [6.45, 7) is 17.1. The second-order valence-electron chi connectivity index (χ2n) is 14.2. The minimum atomic E-state index is -0.462. The Morgan fingerprint density at radius 3 is 2.14 bits per heavy atom. The molecule has 42 heavy (non-hydrogen) atoms. The number of aldehydes is 1. The van der Waals surface area contributed by atoms with E-state index in [9.17, 15) is 9.59 Å². The molecule has 3 aliphatic carbocycles. The highest BCUT2D eigenvalue weighted by atomic mass is 32.2. The van der Waals surface area contributed by atoms with Crippen molar-refractivity contribution < 1.29 is 28.2 Å². The summed E-state index contributed by atoms with van der Waals surface area (Å²) in [5, 5.41) is 14.6. The van der Waals surface area contributed by atoms with Crippen LogP contribution in [0.4, 0.5) is 4.79 Å². The van der Waals surface area contributed by atoms with Gasteiger partial charge in [-0.3, -0.25) is 0 Å². The van der Waals surface area contributed by atoms with Crippen molar-refractivity contribution in [1.29, 1.82) is 0 Å². The topological polar surface area (TPSA) is 125 Å². The molecule has 0 spiro atoms. The normalized spacial score (nSPS) is 21.3. The molecule has 3 aliphatic rings. The number of carbonyl (C=O) groups is 2. The number of thioether (sulfide) groups is 1. The number of ether oxygens (including phenoxy) is 3. The van der Waals surface area contributed by atoms with Crippen molar-refractivity contribution in [2.75, 3.05) is 39.7 Å². The van der Waals surface area contributed by atoms with E-state index in [-0.39, 0.29) is 27.9 Å². The first kappa shape index (κ1) is 33.9. The lowest BCUT2D eigenvalue weighted by Crippen LogP contribution is -2.75. The van der Waals surface area contributed by atoms with Crippen molar-refractivity contribution in [1.82, 2.24) is 20.8 Å². The van der Waals surface area contributed by atoms with Gasteiger partial charge in [-0.1, -0.05) is 39.5 Å². The molecule has 0 saturated heterocycles. The Kier molecular flexibility index (Phi) is 10.8. The van der Waals surface area contributed by atoms with Gasteiger partial charge in [0.25, 0.3) is 5.22 Å². The molecule has 10 nitrogen and oxygen atoms in total. The summed E-state index contributed by atoms with van der Waals surface area (Å²) in [6.07, 6.45) is 4.89. The van der Waals surface area contributed by atoms with Gasteiger partial charge < -0.3 is 34.1 Å². The van der Waals surface area contributed by atoms with Gasteiger partial charge in [-0.15, -0.1) is 10.2 Å². The van der Waals surface area contributed by atoms with E-state index in [1.165, 1.54) is 11.8 Å². The number of aromatic nitrogens is 2. The highest BCUT2D eigenvalue weighted by Crippen LogP contribution is 2.65. The molecule has 1 heterocycles. The quantitative estimate of drug-likeness (QED) is 0.215. The minimum Gasteiger partial charge on any atom is -0.493 e. The molecule has 2 bridgehead atoms. The van der Waals surface area contributed by atoms with E-state index in [4.69, 9.17) is 18.6 Å². The van der Waals surface area contributed by atoms with Gasteiger partial charge in [-0.05, 0) is 77.6 Å². The molecule has 3 saturated carbocycles. The van der Waals surface area contributed by atoms with Crippen LogP contribution in [0.15, 0.2) is 33.9 Å². The largest absolute Gasteiger partial charge is 0.493 e. The van der Waals surface area contributed by atoms with E-state index in [1.807, 2.05) is 58.3 Å². The average molecular weight is 605 g/mol. The number of hydrogen-bond donors (Lipinski definition) is 2. The maximum atomic E-state index is 11.5. The fourth-order valence-electron chi connectivity index (χ4n) is 5.20. The average Bonchev–Trinajstić information content (AvgIpc) is 3.33. The Bertz CT molecular complexity index is 1170. The van der Waals surface area contributed by atoms with Crippen LogP contribution in [0.2, 0.25) is 0 Å². The molecule has 0 unspecified atom stereocenters. The number of carbonyl (C=O) groups excluding carboxylic acids is 2. The first-order chi connectivity index (χ1) is 19.5. The van der Waals surface area contributed by atoms with Crippen LogP contribution >= 0.6 is 11.8 Å². The highest BCUT2D eigenvalue weighted by Gasteiger charge is 2.69. The third kappa shape index (κ3) is 9.70. The zero-order valence-electron chi connectivity index (χ0n) is 26.6. The lowest BCUT2D eigenvalue weighted by Gasteiger charge is -2.67. The third-order valence-electron chi connectivity index (χ3n) is 7.04. The van der Waals surface area contributed by atoms with Crippen molar-refractivity contribution in [3.8, 4) is 17.2 Å². The predicted molar refractivity (Wildman–Crippen MR) is 164 cm³/mol. The van der Waals surface area contributed by atoms with E-state index >= 15 is 0 Å². The highest BCUT2D eigenvalue weighted by molar-refractivity contribution is 7.98. The van der Waals surface area contributed by atoms with Crippen molar-refractivity contribution in [2.45, 2.75) is 84.1 Å². The first-order valence-corrected chi connectivity index (χ1v) is 15.6. The number of benzene rings is 1. The van der Waals surface area contributed by atoms with Crippen LogP contribution in [0.25, 0.3) is 11.5 Å². The lowest BCUT2D eigenvalue weighted by atomic mass is 9.40. The monoisotopic (exact) mass is 604 g/mol. The lowest BCUT2D eigenvalue weighted by molar-refractivity contribution is -0.163. The zero-order valence-corrected chi connectivity index (χ0v) is 27.4. The summed E-state index contributed by atoms with van der Waals surface area (Å²) in [4.78, 5) is 22.1. The summed E-state index contributed by atoms with van der Waals surface area (Å²) < 4.78 is 22.6. The summed E-state index contributed by atoms with van der Waals surface area (Å²) >= 11 is 1.43. The van der Waals surface area contributed by atoms with E-state index in [0.29, 0.717) is 30.9 Å². The van der Waals surface area contributed by atoms with E-state index in [2.05, 4.69) is 48.5 Å². The second-order valence-corrected chi connectivity index (χ2v) is 14.9. The van der Waals surface area contributed by atoms with Crippen LogP contribution in [-0.2, 0) is 14.3 Å². The Hall–Kier alpha value is -2.63. The van der Waals surface area contributed by atoms with Gasteiger partial charge in [0.2, 0.25) is 5.89 Å². The number of hydrogen-bond acceptors (Lipinski definition) is 10. The molecule has 11 heteroatoms. The number of rotatable bonds is 13. The van der Waals surface area contributed by atoms with Crippen molar-refractivity contribution in [3.05, 3.63) is 24.3 Å². The molecule has 2 N–H and O–H groups in total. The smallest absolute Gasteiger partial charge is 0.408 e. The third-order valence-corrected chi connectivity index (χ3v) is 7.55. The van der Waals surface area contributed by atoms with Crippen molar-refractivity contribution >= 4 is 24.1 Å². The molecule has 1 aromatic carbocycles. The number of amides is 1. The number of alkyl carbamates (subject to hydrolysis) is 1. The summed E-state index contributed by atoms with van der Waals surface area (Å²) in [6, 6.07) is 7.70. The first-order valence-electron chi connectivity index (χ1n) is 14.3. The predicted octanol–water partition coefficient (Wildman–Crippen LogP) is 5.76. The van der Waals surface area contributed by atoms with Crippen molar-refractivity contribution in [2.24, 2.45) is 16.2 Å². The SMILES string of the molecule is CC(C)(C)OC(=O)NC12CC(C=O)(C1)C2.CNCC(C)(C)COCC(C)(C)COc1ccc(-c2nnc(SC)o2)cc1. The Balaban J connectivity index is 0.000000271. The van der Waals surface area contributed by atoms with E-state index in [1.54, 1.807) is 0 Å². The summed E-state index contributed by atoms with van der Waals surface area (Å²) in [5.41, 5.74) is 0.207. The van der Waals surface area contributed by atoms with Crippen LogP contribution in [0.3, 0.4) is 0 Å². The molecule has 0 atom stereocenters. The van der Waals surface area contributed by atoms with Gasteiger partial charge >= 0.3 is 6.09 Å². The molecule has 1 aromatic heterocycles. The van der Waals surface area contributed by atoms with Gasteiger partial charge in [0.1, 0.15) is 17.6 Å².